The molecule has 0 aliphatic rings. The van der Waals surface area contributed by atoms with Crippen LogP contribution in [-0.4, -0.2) is 13.1 Å². The fraction of sp³-hybridized carbons (Fsp3) is 0.133. The molecule has 0 atom stereocenters. The molecule has 0 bridgehead atoms. The summed E-state index contributed by atoms with van der Waals surface area (Å²) in [6.45, 7) is 0.365. The second-order valence-corrected chi connectivity index (χ2v) is 4.11. The predicted octanol–water partition coefficient (Wildman–Crippen LogP) is 3.36. The Morgan fingerprint density at radius 3 is 2.50 bits per heavy atom. The molecule has 5 heteroatoms. The lowest BCUT2D eigenvalue weighted by molar-refractivity contribution is 0.0590. The van der Waals surface area contributed by atoms with Gasteiger partial charge in [-0.05, 0) is 17.7 Å². The van der Waals surface area contributed by atoms with E-state index in [1.54, 1.807) is 0 Å². The van der Waals surface area contributed by atoms with Crippen molar-refractivity contribution >= 4 is 11.7 Å². The fourth-order valence-electron chi connectivity index (χ4n) is 1.77. The van der Waals surface area contributed by atoms with Crippen LogP contribution in [0.1, 0.15) is 15.9 Å². The third-order valence-corrected chi connectivity index (χ3v) is 2.81. The highest BCUT2D eigenvalue weighted by Gasteiger charge is 2.20. The number of hydrogen-bond acceptors (Lipinski definition) is 3. The van der Waals surface area contributed by atoms with Gasteiger partial charge in [0.15, 0.2) is 5.82 Å². The van der Waals surface area contributed by atoms with Crippen molar-refractivity contribution in [3.8, 4) is 0 Å². The highest BCUT2D eigenvalue weighted by molar-refractivity contribution is 5.91. The topological polar surface area (TPSA) is 38.3 Å². The lowest BCUT2D eigenvalue weighted by Crippen LogP contribution is -2.11. The Labute approximate surface area is 115 Å². The van der Waals surface area contributed by atoms with Gasteiger partial charge in [-0.2, -0.15) is 0 Å². The van der Waals surface area contributed by atoms with Gasteiger partial charge in [0, 0.05) is 6.54 Å². The minimum absolute atomic E-state index is 0.0515. The zero-order valence-electron chi connectivity index (χ0n) is 10.8. The number of hydrogen-bond donors (Lipinski definition) is 1. The monoisotopic (exact) mass is 277 g/mol. The third kappa shape index (κ3) is 2.93. The van der Waals surface area contributed by atoms with Gasteiger partial charge in [-0.3, -0.25) is 0 Å². The average Bonchev–Trinajstić information content (AvgIpc) is 2.47. The molecule has 0 aliphatic carbocycles. The van der Waals surface area contributed by atoms with Crippen LogP contribution >= 0.6 is 0 Å². The van der Waals surface area contributed by atoms with Crippen molar-refractivity contribution in [2.45, 2.75) is 6.54 Å². The highest BCUT2D eigenvalue weighted by Crippen LogP contribution is 2.22. The smallest absolute Gasteiger partial charge is 0.343 e. The Balaban J connectivity index is 2.23. The lowest BCUT2D eigenvalue weighted by atomic mass is 10.1. The van der Waals surface area contributed by atoms with Crippen molar-refractivity contribution in [2.24, 2.45) is 0 Å². The highest BCUT2D eigenvalue weighted by atomic mass is 19.1. The summed E-state index contributed by atoms with van der Waals surface area (Å²) in [7, 11) is 1.07. The minimum Gasteiger partial charge on any atom is -0.465 e. The molecular formula is C15H13F2NO2. The van der Waals surface area contributed by atoms with Gasteiger partial charge in [-0.15, -0.1) is 0 Å². The minimum atomic E-state index is -1.04. The Hall–Kier alpha value is -2.43. The molecule has 0 amide bonds. The molecule has 0 radical (unpaired) electrons. The second kappa shape index (κ2) is 6.14. The maximum atomic E-state index is 14.1. The number of halogens is 2. The Morgan fingerprint density at radius 2 is 1.85 bits per heavy atom. The average molecular weight is 277 g/mol. The molecule has 0 fully saturated rings. The first kappa shape index (κ1) is 14.0. The van der Waals surface area contributed by atoms with Gasteiger partial charge in [0.05, 0.1) is 12.8 Å². The first-order valence-electron chi connectivity index (χ1n) is 5.97. The normalized spacial score (nSPS) is 10.2. The van der Waals surface area contributed by atoms with Gasteiger partial charge in [0.25, 0.3) is 0 Å². The quantitative estimate of drug-likeness (QED) is 0.871. The predicted molar refractivity (Wildman–Crippen MR) is 71.5 cm³/mol. The van der Waals surface area contributed by atoms with Crippen LogP contribution in [0.4, 0.5) is 14.5 Å². The summed E-state index contributed by atoms with van der Waals surface area (Å²) in [6.07, 6.45) is 0. The maximum absolute atomic E-state index is 14.1. The van der Waals surface area contributed by atoms with Gasteiger partial charge < -0.3 is 10.1 Å². The van der Waals surface area contributed by atoms with Crippen LogP contribution in [0, 0.1) is 11.6 Å². The molecule has 0 saturated heterocycles. The summed E-state index contributed by atoms with van der Waals surface area (Å²) < 4.78 is 31.9. The number of nitrogens with one attached hydrogen (secondary N) is 1. The molecule has 0 unspecified atom stereocenters. The molecular weight excluding hydrogens is 264 g/mol. The number of anilines is 1. The van der Waals surface area contributed by atoms with E-state index in [0.717, 1.165) is 18.7 Å². The summed E-state index contributed by atoms with van der Waals surface area (Å²) in [5, 5.41) is 2.83. The number of esters is 1. The van der Waals surface area contributed by atoms with E-state index < -0.39 is 23.2 Å². The second-order valence-electron chi connectivity index (χ2n) is 4.11. The van der Waals surface area contributed by atoms with Crippen molar-refractivity contribution in [1.82, 2.24) is 0 Å². The first-order valence-corrected chi connectivity index (χ1v) is 5.97. The SMILES string of the molecule is COC(=O)c1c(F)ccc(NCc2ccccc2)c1F. The molecule has 20 heavy (non-hydrogen) atoms. The van der Waals surface area contributed by atoms with E-state index in [1.807, 2.05) is 30.3 Å². The van der Waals surface area contributed by atoms with Crippen LogP contribution in [0.15, 0.2) is 42.5 Å². The fourth-order valence-corrected chi connectivity index (χ4v) is 1.77. The van der Waals surface area contributed by atoms with E-state index in [4.69, 9.17) is 0 Å². The number of rotatable bonds is 4. The van der Waals surface area contributed by atoms with Gasteiger partial charge in [-0.1, -0.05) is 30.3 Å². The number of methoxy groups -OCH3 is 1. The van der Waals surface area contributed by atoms with Gasteiger partial charge in [0.1, 0.15) is 11.4 Å². The molecule has 0 saturated carbocycles. The van der Waals surface area contributed by atoms with Crippen LogP contribution in [0.5, 0.6) is 0 Å². The number of benzene rings is 2. The molecule has 0 heterocycles. The molecule has 2 aromatic rings. The van der Waals surface area contributed by atoms with Crippen LogP contribution in [-0.2, 0) is 11.3 Å². The van der Waals surface area contributed by atoms with Crippen LogP contribution in [0.2, 0.25) is 0 Å². The van der Waals surface area contributed by atoms with Gasteiger partial charge in [0.2, 0.25) is 0 Å². The first-order chi connectivity index (χ1) is 9.63. The molecule has 0 aromatic heterocycles. The molecule has 0 aliphatic heterocycles. The molecule has 3 nitrogen and oxygen atoms in total. The summed E-state index contributed by atoms with van der Waals surface area (Å²) >= 11 is 0. The Morgan fingerprint density at radius 1 is 1.15 bits per heavy atom. The van der Waals surface area contributed by atoms with Crippen molar-refractivity contribution in [3.05, 3.63) is 65.2 Å². The Bertz CT molecular complexity index is 615. The van der Waals surface area contributed by atoms with Crippen LogP contribution < -0.4 is 5.32 Å². The zero-order valence-corrected chi connectivity index (χ0v) is 10.8. The molecule has 104 valence electrons. The number of carbonyl (C=O) groups is 1. The summed E-state index contributed by atoms with van der Waals surface area (Å²) in [5.41, 5.74) is 0.303. The summed E-state index contributed by atoms with van der Waals surface area (Å²) in [6, 6.07) is 11.6. The van der Waals surface area contributed by atoms with Crippen molar-refractivity contribution in [1.29, 1.82) is 0 Å². The van der Waals surface area contributed by atoms with Crippen LogP contribution in [0.3, 0.4) is 0 Å². The third-order valence-electron chi connectivity index (χ3n) is 2.81. The van der Waals surface area contributed by atoms with Crippen molar-refractivity contribution in [3.63, 3.8) is 0 Å². The number of ether oxygens (including phenoxy) is 1. The Kier molecular flexibility index (Phi) is 4.30. The van der Waals surface area contributed by atoms with E-state index in [9.17, 15) is 13.6 Å². The van der Waals surface area contributed by atoms with E-state index in [2.05, 4.69) is 10.1 Å². The van der Waals surface area contributed by atoms with Crippen molar-refractivity contribution < 1.29 is 18.3 Å². The summed E-state index contributed by atoms with van der Waals surface area (Å²) in [4.78, 5) is 11.4. The van der Waals surface area contributed by atoms with Gasteiger partial charge >= 0.3 is 5.97 Å². The number of carbonyl (C=O) groups excluding carboxylic acids is 1. The van der Waals surface area contributed by atoms with Crippen LogP contribution in [0.25, 0.3) is 0 Å². The standard InChI is InChI=1S/C15H13F2NO2/c1-20-15(19)13-11(16)7-8-12(14(13)17)18-9-10-5-3-2-4-6-10/h2-8,18H,9H2,1H3. The summed E-state index contributed by atoms with van der Waals surface area (Å²) in [5.74, 6) is -2.93. The maximum Gasteiger partial charge on any atom is 0.343 e. The molecule has 1 N–H and O–H groups in total. The van der Waals surface area contributed by atoms with E-state index >= 15 is 0 Å². The largest absolute Gasteiger partial charge is 0.465 e. The molecule has 2 rings (SSSR count). The molecule has 0 spiro atoms. The van der Waals surface area contributed by atoms with E-state index in [1.165, 1.54) is 6.07 Å². The van der Waals surface area contributed by atoms with Gasteiger partial charge in [-0.25, -0.2) is 13.6 Å². The lowest BCUT2D eigenvalue weighted by Gasteiger charge is -2.10. The van der Waals surface area contributed by atoms with E-state index in [0.29, 0.717) is 6.54 Å². The van der Waals surface area contributed by atoms with E-state index in [-0.39, 0.29) is 5.69 Å². The zero-order chi connectivity index (χ0) is 14.5. The molecule has 2 aromatic carbocycles. The van der Waals surface area contributed by atoms with Crippen molar-refractivity contribution in [2.75, 3.05) is 12.4 Å².